The predicted octanol–water partition coefficient (Wildman–Crippen LogP) is 0.462. The molecule has 0 spiro atoms. The molecule has 1 aromatic heterocycles. The molecule has 1 heterocycles. The lowest BCUT2D eigenvalue weighted by Crippen LogP contribution is -2.37. The number of H-pyrrole nitrogens is 1. The normalized spacial score (nSPS) is 14.4. The van der Waals surface area contributed by atoms with Gasteiger partial charge in [0.05, 0.1) is 5.75 Å². The van der Waals surface area contributed by atoms with Gasteiger partial charge in [0.1, 0.15) is 14.7 Å². The van der Waals surface area contributed by atoms with E-state index in [2.05, 4.69) is 9.71 Å². The number of nitrogens with one attached hydrogen (secondary N) is 2. The molecule has 1 unspecified atom stereocenters. The van der Waals surface area contributed by atoms with Crippen molar-refractivity contribution in [1.29, 1.82) is 0 Å². The number of hydrogen-bond acceptors (Lipinski definition) is 5. The molecule has 1 atom stereocenters. The molecule has 9 heteroatoms. The Morgan fingerprint density at radius 2 is 1.95 bits per heavy atom. The number of nitrogen functional groups attached to an aromatic ring is 1. The van der Waals surface area contributed by atoms with Crippen LogP contribution in [0.3, 0.4) is 0 Å². The van der Waals surface area contributed by atoms with Crippen LogP contribution >= 0.6 is 0 Å². The summed E-state index contributed by atoms with van der Waals surface area (Å²) in [5, 5.41) is 0.503. The van der Waals surface area contributed by atoms with Gasteiger partial charge in [-0.05, 0) is 25.1 Å². The van der Waals surface area contributed by atoms with Gasteiger partial charge in [-0.3, -0.25) is 0 Å². The molecular weight excluding hydrogens is 314 g/mol. The van der Waals surface area contributed by atoms with Crippen LogP contribution in [0.15, 0.2) is 29.3 Å². The highest BCUT2D eigenvalue weighted by molar-refractivity contribution is 7.91. The van der Waals surface area contributed by atoms with Crippen LogP contribution in [-0.2, 0) is 19.9 Å². The molecule has 0 fully saturated rings. The summed E-state index contributed by atoms with van der Waals surface area (Å²) >= 11 is 0. The molecular formula is C12H17N3O4S2. The monoisotopic (exact) mass is 331 g/mol. The average Bonchev–Trinajstić information content (AvgIpc) is 2.68. The summed E-state index contributed by atoms with van der Waals surface area (Å²) in [5.74, 6) is -0.262. The fraction of sp³-hybridized carbons (Fsp3) is 0.333. The fourth-order valence-electron chi connectivity index (χ4n) is 2.16. The average molecular weight is 331 g/mol. The molecule has 0 amide bonds. The maximum Gasteiger partial charge on any atom is 0.242 e. The smallest absolute Gasteiger partial charge is 0.242 e. The minimum atomic E-state index is -3.81. The molecule has 116 valence electrons. The van der Waals surface area contributed by atoms with Crippen LogP contribution in [0.25, 0.3) is 10.9 Å². The second kappa shape index (κ2) is 5.32. The summed E-state index contributed by atoms with van der Waals surface area (Å²) in [6.07, 6.45) is 2.42. The number of aromatic amines is 1. The van der Waals surface area contributed by atoms with Gasteiger partial charge in [0.25, 0.3) is 0 Å². The molecule has 1 aromatic carbocycles. The van der Waals surface area contributed by atoms with Gasteiger partial charge in [-0.15, -0.1) is 0 Å². The van der Waals surface area contributed by atoms with Crippen LogP contribution in [-0.4, -0.2) is 39.9 Å². The molecule has 2 aromatic rings. The maximum absolute atomic E-state index is 12.3. The number of nitrogens with two attached hydrogens (primary N) is 1. The number of sulfone groups is 1. The quantitative estimate of drug-likeness (QED) is 0.687. The Morgan fingerprint density at radius 1 is 1.29 bits per heavy atom. The van der Waals surface area contributed by atoms with E-state index in [9.17, 15) is 16.8 Å². The van der Waals surface area contributed by atoms with E-state index in [0.29, 0.717) is 16.6 Å². The third-order valence-corrected chi connectivity index (χ3v) is 5.60. The standard InChI is InChI=1S/C12H17N3O4S2/c1-8(7-20(2,16)17)15-21(18,19)12-6-14-11-5-9(13)3-4-10(11)12/h3-6,8,14-15H,7,13H2,1-2H3. The van der Waals surface area contributed by atoms with E-state index < -0.39 is 25.9 Å². The van der Waals surface area contributed by atoms with Crippen molar-refractivity contribution in [2.45, 2.75) is 17.9 Å². The van der Waals surface area contributed by atoms with Crippen molar-refractivity contribution in [3.05, 3.63) is 24.4 Å². The molecule has 0 radical (unpaired) electrons. The summed E-state index contributed by atoms with van der Waals surface area (Å²) in [7, 11) is -7.08. The Labute approximate surface area is 123 Å². The zero-order chi connectivity index (χ0) is 15.8. The van der Waals surface area contributed by atoms with Gasteiger partial charge in [-0.2, -0.15) is 0 Å². The highest BCUT2D eigenvalue weighted by Gasteiger charge is 2.23. The molecule has 2 rings (SSSR count). The van der Waals surface area contributed by atoms with Gasteiger partial charge in [-0.1, -0.05) is 0 Å². The fourth-order valence-corrected chi connectivity index (χ4v) is 4.67. The number of aromatic nitrogens is 1. The van der Waals surface area contributed by atoms with Crippen molar-refractivity contribution in [3.8, 4) is 0 Å². The van der Waals surface area contributed by atoms with E-state index in [1.54, 1.807) is 18.2 Å². The lowest BCUT2D eigenvalue weighted by molar-refractivity contribution is 0.565. The van der Waals surface area contributed by atoms with E-state index in [1.165, 1.54) is 13.1 Å². The third-order valence-electron chi connectivity index (χ3n) is 2.87. The zero-order valence-electron chi connectivity index (χ0n) is 11.6. The molecule has 0 saturated carbocycles. The summed E-state index contributed by atoms with van der Waals surface area (Å²) in [6, 6.07) is 4.13. The van der Waals surface area contributed by atoms with E-state index in [4.69, 9.17) is 5.73 Å². The van der Waals surface area contributed by atoms with Gasteiger partial charge in [0.2, 0.25) is 10.0 Å². The second-order valence-corrected chi connectivity index (χ2v) is 8.94. The van der Waals surface area contributed by atoms with E-state index in [0.717, 1.165) is 6.26 Å². The van der Waals surface area contributed by atoms with Crippen LogP contribution < -0.4 is 10.5 Å². The summed E-state index contributed by atoms with van der Waals surface area (Å²) in [4.78, 5) is 2.91. The summed E-state index contributed by atoms with van der Waals surface area (Å²) in [6.45, 7) is 1.51. The first-order chi connectivity index (χ1) is 9.58. The number of hydrogen-bond donors (Lipinski definition) is 3. The highest BCUT2D eigenvalue weighted by Crippen LogP contribution is 2.24. The van der Waals surface area contributed by atoms with Crippen molar-refractivity contribution in [3.63, 3.8) is 0 Å². The van der Waals surface area contributed by atoms with Gasteiger partial charge < -0.3 is 10.7 Å². The summed E-state index contributed by atoms with van der Waals surface area (Å²) < 4.78 is 49.4. The first kappa shape index (κ1) is 15.8. The Bertz CT molecular complexity index is 869. The molecule has 0 aliphatic heterocycles. The maximum atomic E-state index is 12.3. The van der Waals surface area contributed by atoms with E-state index >= 15 is 0 Å². The molecule has 0 aliphatic carbocycles. The number of anilines is 1. The predicted molar refractivity (Wildman–Crippen MR) is 82.2 cm³/mol. The van der Waals surface area contributed by atoms with Crippen LogP contribution in [0.5, 0.6) is 0 Å². The summed E-state index contributed by atoms with van der Waals surface area (Å²) in [5.41, 5.74) is 6.76. The largest absolute Gasteiger partial charge is 0.399 e. The van der Waals surface area contributed by atoms with E-state index in [1.807, 2.05) is 0 Å². The third kappa shape index (κ3) is 3.74. The SMILES string of the molecule is CC(CS(C)(=O)=O)NS(=O)(=O)c1c[nH]c2cc(N)ccc12. The lowest BCUT2D eigenvalue weighted by atomic mass is 10.2. The highest BCUT2D eigenvalue weighted by atomic mass is 32.2. The second-order valence-electron chi connectivity index (χ2n) is 5.07. The lowest BCUT2D eigenvalue weighted by Gasteiger charge is -2.12. The van der Waals surface area contributed by atoms with Crippen LogP contribution in [0.1, 0.15) is 6.92 Å². The van der Waals surface area contributed by atoms with Crippen LogP contribution in [0.4, 0.5) is 5.69 Å². The number of benzene rings is 1. The van der Waals surface area contributed by atoms with Crippen molar-refractivity contribution in [2.75, 3.05) is 17.7 Å². The van der Waals surface area contributed by atoms with Crippen LogP contribution in [0.2, 0.25) is 0 Å². The van der Waals surface area contributed by atoms with Gasteiger partial charge >= 0.3 is 0 Å². The van der Waals surface area contributed by atoms with Crippen molar-refractivity contribution in [2.24, 2.45) is 0 Å². The Kier molecular flexibility index (Phi) is 4.00. The molecule has 7 nitrogen and oxygen atoms in total. The Hall–Kier alpha value is -1.58. The number of fused-ring (bicyclic) bond motifs is 1. The topological polar surface area (TPSA) is 122 Å². The first-order valence-electron chi connectivity index (χ1n) is 6.15. The van der Waals surface area contributed by atoms with Gasteiger partial charge in [0.15, 0.2) is 0 Å². The number of rotatable bonds is 5. The van der Waals surface area contributed by atoms with Gasteiger partial charge in [-0.25, -0.2) is 21.6 Å². The molecule has 4 N–H and O–H groups in total. The molecule has 0 saturated heterocycles. The Morgan fingerprint density at radius 3 is 2.57 bits per heavy atom. The van der Waals surface area contributed by atoms with E-state index in [-0.39, 0.29) is 10.6 Å². The van der Waals surface area contributed by atoms with Crippen molar-refractivity contribution < 1.29 is 16.8 Å². The molecule has 21 heavy (non-hydrogen) atoms. The van der Waals surface area contributed by atoms with Crippen LogP contribution in [0, 0.1) is 0 Å². The molecule has 0 aliphatic rings. The zero-order valence-corrected chi connectivity index (χ0v) is 13.3. The van der Waals surface area contributed by atoms with Crippen molar-refractivity contribution >= 4 is 36.5 Å². The van der Waals surface area contributed by atoms with Gasteiger partial charge in [0, 0.05) is 35.1 Å². The minimum Gasteiger partial charge on any atom is -0.399 e. The Balaban J connectivity index is 2.34. The number of sulfonamides is 1. The molecule has 0 bridgehead atoms. The van der Waals surface area contributed by atoms with Crippen molar-refractivity contribution in [1.82, 2.24) is 9.71 Å². The minimum absolute atomic E-state index is 0.0675. The first-order valence-corrected chi connectivity index (χ1v) is 9.69.